The zero-order valence-electron chi connectivity index (χ0n) is 7.56. The third-order valence-corrected chi connectivity index (χ3v) is 2.77. The maximum atomic E-state index is 12.0. The number of ketones is 1. The van der Waals surface area contributed by atoms with E-state index in [0.29, 0.717) is 9.13 Å². The third kappa shape index (κ3) is 3.27. The Labute approximate surface area is 104 Å². The van der Waals surface area contributed by atoms with E-state index in [1.807, 2.05) is 0 Å². The number of carbonyl (C=O) groups excluding carboxylic acids is 1. The van der Waals surface area contributed by atoms with Gasteiger partial charge < -0.3 is 4.74 Å². The standard InChI is InChI=1S/C9H6ClF2IO2/c1-4(14)5-2-7(13)8(3-6(5)10)15-9(11)12/h2-3,9H,1H3. The summed E-state index contributed by atoms with van der Waals surface area (Å²) >= 11 is 7.53. The highest BCUT2D eigenvalue weighted by atomic mass is 127. The molecule has 0 amide bonds. The van der Waals surface area contributed by atoms with Crippen molar-refractivity contribution in [3.8, 4) is 5.75 Å². The van der Waals surface area contributed by atoms with E-state index in [0.717, 1.165) is 0 Å². The molecule has 0 saturated heterocycles. The fraction of sp³-hybridized carbons (Fsp3) is 0.222. The fourth-order valence-electron chi connectivity index (χ4n) is 0.985. The van der Waals surface area contributed by atoms with Crippen molar-refractivity contribution in [3.63, 3.8) is 0 Å². The lowest BCUT2D eigenvalue weighted by atomic mass is 10.1. The van der Waals surface area contributed by atoms with E-state index in [2.05, 4.69) is 4.74 Å². The van der Waals surface area contributed by atoms with Crippen molar-refractivity contribution in [1.82, 2.24) is 0 Å². The molecule has 6 heteroatoms. The second-order valence-corrected chi connectivity index (χ2v) is 4.27. The molecule has 0 aliphatic heterocycles. The topological polar surface area (TPSA) is 26.3 Å². The Kier molecular flexibility index (Phi) is 4.27. The first-order chi connectivity index (χ1) is 6.91. The van der Waals surface area contributed by atoms with Crippen LogP contribution < -0.4 is 4.74 Å². The SMILES string of the molecule is CC(=O)c1cc(I)c(OC(F)F)cc1Cl. The Morgan fingerprint density at radius 2 is 2.13 bits per heavy atom. The number of Topliss-reactive ketones (excluding diaryl/α,β-unsaturated/α-hetero) is 1. The maximum Gasteiger partial charge on any atom is 0.387 e. The molecule has 2 nitrogen and oxygen atoms in total. The number of benzene rings is 1. The van der Waals surface area contributed by atoms with E-state index in [4.69, 9.17) is 11.6 Å². The molecule has 0 saturated carbocycles. The first kappa shape index (κ1) is 12.6. The van der Waals surface area contributed by atoms with Gasteiger partial charge >= 0.3 is 6.61 Å². The summed E-state index contributed by atoms with van der Waals surface area (Å²) in [6.45, 7) is -1.55. The van der Waals surface area contributed by atoms with Gasteiger partial charge in [-0.3, -0.25) is 4.79 Å². The van der Waals surface area contributed by atoms with Crippen molar-refractivity contribution < 1.29 is 18.3 Å². The Bertz CT molecular complexity index is 396. The van der Waals surface area contributed by atoms with Gasteiger partial charge in [-0.15, -0.1) is 0 Å². The average molecular weight is 346 g/mol. The van der Waals surface area contributed by atoms with E-state index in [9.17, 15) is 13.6 Å². The summed E-state index contributed by atoms with van der Waals surface area (Å²) in [6, 6.07) is 2.63. The molecule has 0 spiro atoms. The first-order valence-corrected chi connectivity index (χ1v) is 5.32. The summed E-state index contributed by atoms with van der Waals surface area (Å²) in [5.74, 6) is -0.248. The van der Waals surface area contributed by atoms with Crippen molar-refractivity contribution in [3.05, 3.63) is 26.3 Å². The van der Waals surface area contributed by atoms with Crippen molar-refractivity contribution >= 4 is 40.0 Å². The molecular weight excluding hydrogens is 340 g/mol. The van der Waals surface area contributed by atoms with E-state index in [1.165, 1.54) is 19.1 Å². The second kappa shape index (κ2) is 5.07. The number of carbonyl (C=O) groups is 1. The highest BCUT2D eigenvalue weighted by Crippen LogP contribution is 2.29. The molecule has 1 rings (SSSR count). The maximum absolute atomic E-state index is 12.0. The normalized spacial score (nSPS) is 10.5. The number of alkyl halides is 2. The molecule has 1 aromatic carbocycles. The largest absolute Gasteiger partial charge is 0.434 e. The summed E-state index contributed by atoms with van der Waals surface area (Å²) in [7, 11) is 0. The van der Waals surface area contributed by atoms with Crippen LogP contribution in [-0.2, 0) is 0 Å². The predicted molar refractivity (Wildman–Crippen MR) is 60.8 cm³/mol. The van der Waals surface area contributed by atoms with Crippen LogP contribution in [0, 0.1) is 3.57 Å². The number of rotatable bonds is 3. The second-order valence-electron chi connectivity index (χ2n) is 2.70. The minimum Gasteiger partial charge on any atom is -0.434 e. The number of halogens is 4. The van der Waals surface area contributed by atoms with Crippen LogP contribution in [0.4, 0.5) is 8.78 Å². The van der Waals surface area contributed by atoms with Gasteiger partial charge in [-0.2, -0.15) is 8.78 Å². The molecule has 0 aliphatic carbocycles. The van der Waals surface area contributed by atoms with Crippen LogP contribution in [0.3, 0.4) is 0 Å². The van der Waals surface area contributed by atoms with E-state index < -0.39 is 6.61 Å². The smallest absolute Gasteiger partial charge is 0.387 e. The Hall–Kier alpha value is -0.430. The van der Waals surface area contributed by atoms with Gasteiger partial charge in [0, 0.05) is 11.6 Å². The summed E-state index contributed by atoms with van der Waals surface area (Å²) in [5, 5.41) is 0.110. The number of hydrogen-bond acceptors (Lipinski definition) is 2. The number of hydrogen-bond donors (Lipinski definition) is 0. The van der Waals surface area contributed by atoms with Crippen molar-refractivity contribution in [2.24, 2.45) is 0 Å². The minimum absolute atomic E-state index is 0.0272. The Morgan fingerprint density at radius 3 is 2.60 bits per heavy atom. The fourth-order valence-corrected chi connectivity index (χ4v) is 1.87. The molecular formula is C9H6ClF2IO2. The predicted octanol–water partition coefficient (Wildman–Crippen LogP) is 3.75. The minimum atomic E-state index is -2.90. The van der Waals surface area contributed by atoms with E-state index in [1.54, 1.807) is 22.6 Å². The van der Waals surface area contributed by atoms with Crippen molar-refractivity contribution in [1.29, 1.82) is 0 Å². The van der Waals surface area contributed by atoms with Crippen molar-refractivity contribution in [2.45, 2.75) is 13.5 Å². The molecule has 0 fully saturated rings. The monoisotopic (exact) mass is 346 g/mol. The van der Waals surface area contributed by atoms with Gasteiger partial charge in [0.2, 0.25) is 0 Å². The Morgan fingerprint density at radius 1 is 1.53 bits per heavy atom. The molecule has 0 heterocycles. The van der Waals surface area contributed by atoms with Crippen LogP contribution in [-0.4, -0.2) is 12.4 Å². The first-order valence-electron chi connectivity index (χ1n) is 3.86. The van der Waals surface area contributed by atoms with Crippen LogP contribution in [0.2, 0.25) is 5.02 Å². The highest BCUT2D eigenvalue weighted by molar-refractivity contribution is 14.1. The van der Waals surface area contributed by atoms with Gasteiger partial charge in [-0.05, 0) is 35.6 Å². The lowest BCUT2D eigenvalue weighted by Crippen LogP contribution is -2.04. The van der Waals surface area contributed by atoms with Crippen LogP contribution in [0.25, 0.3) is 0 Å². The van der Waals surface area contributed by atoms with Crippen LogP contribution in [0.5, 0.6) is 5.75 Å². The summed E-state index contributed by atoms with van der Waals surface area (Å²) in [6.07, 6.45) is 0. The van der Waals surface area contributed by atoms with Gasteiger partial charge in [-0.1, -0.05) is 11.6 Å². The van der Waals surface area contributed by atoms with Gasteiger partial charge in [0.15, 0.2) is 5.78 Å². The highest BCUT2D eigenvalue weighted by Gasteiger charge is 2.13. The lowest BCUT2D eigenvalue weighted by molar-refractivity contribution is -0.0504. The van der Waals surface area contributed by atoms with Crippen molar-refractivity contribution in [2.75, 3.05) is 0 Å². The third-order valence-electron chi connectivity index (χ3n) is 1.62. The quantitative estimate of drug-likeness (QED) is 0.615. The summed E-state index contributed by atoms with van der Waals surface area (Å²) in [4.78, 5) is 11.1. The average Bonchev–Trinajstić information content (AvgIpc) is 2.09. The summed E-state index contributed by atoms with van der Waals surface area (Å²) < 4.78 is 28.6. The van der Waals surface area contributed by atoms with E-state index in [-0.39, 0.29) is 16.6 Å². The zero-order chi connectivity index (χ0) is 11.6. The molecule has 0 atom stereocenters. The molecule has 0 aliphatic rings. The zero-order valence-corrected chi connectivity index (χ0v) is 10.5. The molecule has 0 bridgehead atoms. The van der Waals surface area contributed by atoms with Gasteiger partial charge in [0.05, 0.1) is 8.59 Å². The van der Waals surface area contributed by atoms with Crippen LogP contribution in [0.1, 0.15) is 17.3 Å². The van der Waals surface area contributed by atoms with Crippen LogP contribution >= 0.6 is 34.2 Å². The Balaban J connectivity index is 3.13. The van der Waals surface area contributed by atoms with E-state index >= 15 is 0 Å². The molecule has 0 N–H and O–H groups in total. The molecule has 0 aromatic heterocycles. The molecule has 82 valence electrons. The van der Waals surface area contributed by atoms with Gasteiger partial charge in [0.25, 0.3) is 0 Å². The van der Waals surface area contributed by atoms with Crippen LogP contribution in [0.15, 0.2) is 12.1 Å². The molecule has 15 heavy (non-hydrogen) atoms. The number of ether oxygens (including phenoxy) is 1. The molecule has 1 aromatic rings. The van der Waals surface area contributed by atoms with Gasteiger partial charge in [-0.25, -0.2) is 0 Å². The molecule has 0 radical (unpaired) electrons. The lowest BCUT2D eigenvalue weighted by Gasteiger charge is -2.09. The summed E-state index contributed by atoms with van der Waals surface area (Å²) in [5.41, 5.74) is 0.294. The van der Waals surface area contributed by atoms with Gasteiger partial charge in [0.1, 0.15) is 5.75 Å². The molecule has 0 unspecified atom stereocenters.